The highest BCUT2D eigenvalue weighted by molar-refractivity contribution is 7.89. The molecule has 8 nitrogen and oxygen atoms in total. The topological polar surface area (TPSA) is 90.0 Å². The molecular weight excluding hydrogens is 488 g/mol. The summed E-state index contributed by atoms with van der Waals surface area (Å²) in [6, 6.07) is 12.4. The van der Waals surface area contributed by atoms with Gasteiger partial charge in [0.05, 0.1) is 16.3 Å². The molecule has 3 aliphatic rings. The predicted octanol–water partition coefficient (Wildman–Crippen LogP) is 4.33. The van der Waals surface area contributed by atoms with E-state index in [0.29, 0.717) is 30.4 Å². The first-order valence-electron chi connectivity index (χ1n) is 13.4. The number of nitrogens with one attached hydrogen (secondary N) is 1. The van der Waals surface area contributed by atoms with Crippen molar-refractivity contribution in [3.8, 4) is 0 Å². The van der Waals surface area contributed by atoms with Crippen molar-refractivity contribution in [3.63, 3.8) is 0 Å². The van der Waals surface area contributed by atoms with Gasteiger partial charge in [0.25, 0.3) is 0 Å². The maximum Gasteiger partial charge on any atom is 0.250 e. The van der Waals surface area contributed by atoms with E-state index in [1.54, 1.807) is 12.1 Å². The van der Waals surface area contributed by atoms with Crippen LogP contribution in [0, 0.1) is 0 Å². The molecule has 2 aromatic carbocycles. The molecule has 2 amide bonds. The molecule has 2 aromatic rings. The van der Waals surface area contributed by atoms with Gasteiger partial charge in [-0.05, 0) is 73.9 Å². The van der Waals surface area contributed by atoms with Gasteiger partial charge in [-0.2, -0.15) is 4.31 Å². The average molecular weight is 525 g/mol. The predicted molar refractivity (Wildman–Crippen MR) is 146 cm³/mol. The fraction of sp³-hybridized carbons (Fsp3) is 0.500. The van der Waals surface area contributed by atoms with Crippen molar-refractivity contribution in [2.45, 2.75) is 69.2 Å². The lowest BCUT2D eigenvalue weighted by Crippen LogP contribution is -2.56. The van der Waals surface area contributed by atoms with E-state index in [1.807, 2.05) is 30.3 Å². The number of rotatable bonds is 6. The van der Waals surface area contributed by atoms with E-state index in [0.717, 1.165) is 50.8 Å². The molecule has 0 saturated carbocycles. The van der Waals surface area contributed by atoms with Crippen LogP contribution >= 0.6 is 0 Å². The summed E-state index contributed by atoms with van der Waals surface area (Å²) in [5.41, 5.74) is 3.15. The van der Waals surface area contributed by atoms with Crippen LogP contribution in [0.2, 0.25) is 0 Å². The molecule has 0 spiro atoms. The minimum atomic E-state index is -3.68. The molecule has 198 valence electrons. The first kappa shape index (κ1) is 25.7. The highest BCUT2D eigenvalue weighted by Crippen LogP contribution is 2.41. The van der Waals surface area contributed by atoms with Crippen molar-refractivity contribution in [2.24, 2.45) is 0 Å². The third-order valence-electron chi connectivity index (χ3n) is 7.72. The van der Waals surface area contributed by atoms with E-state index in [2.05, 4.69) is 24.1 Å². The van der Waals surface area contributed by atoms with Gasteiger partial charge in [-0.25, -0.2) is 8.42 Å². The Morgan fingerprint density at radius 3 is 2.35 bits per heavy atom. The molecule has 0 radical (unpaired) electrons. The smallest absolute Gasteiger partial charge is 0.250 e. The average Bonchev–Trinajstić information content (AvgIpc) is 2.91. The van der Waals surface area contributed by atoms with Crippen molar-refractivity contribution in [3.05, 3.63) is 48.0 Å². The Hall–Kier alpha value is -2.91. The van der Waals surface area contributed by atoms with Crippen LogP contribution in [0.25, 0.3) is 0 Å². The zero-order valence-electron chi connectivity index (χ0n) is 21.7. The number of carbonyl (C=O) groups excluding carboxylic acids is 2. The lowest BCUT2D eigenvalue weighted by Gasteiger charge is -2.45. The number of carbonyl (C=O) groups is 2. The molecule has 0 bridgehead atoms. The second kappa shape index (κ2) is 10.5. The molecule has 0 aliphatic carbocycles. The number of benzene rings is 2. The molecule has 2 saturated heterocycles. The normalized spacial score (nSPS) is 20.5. The lowest BCUT2D eigenvalue weighted by atomic mass is 9.96. The fourth-order valence-corrected chi connectivity index (χ4v) is 7.15. The molecule has 1 atom stereocenters. The Bertz CT molecular complexity index is 1270. The summed E-state index contributed by atoms with van der Waals surface area (Å²) < 4.78 is 28.4. The fourth-order valence-electron chi connectivity index (χ4n) is 5.61. The molecule has 5 rings (SSSR count). The van der Waals surface area contributed by atoms with Crippen LogP contribution in [0.5, 0.6) is 0 Å². The van der Waals surface area contributed by atoms with E-state index >= 15 is 0 Å². The van der Waals surface area contributed by atoms with Crippen molar-refractivity contribution >= 4 is 38.9 Å². The van der Waals surface area contributed by atoms with E-state index < -0.39 is 10.0 Å². The number of fused-ring (bicyclic) bond motifs is 3. The third-order valence-corrected chi connectivity index (χ3v) is 9.61. The monoisotopic (exact) mass is 524 g/mol. The first-order chi connectivity index (χ1) is 17.8. The minimum absolute atomic E-state index is 0.148. The molecule has 3 aliphatic heterocycles. The SMILES string of the molecule is CC(C)c1ccc(NC(=O)CN2C(=O)[C@@H]3CCCCN3c3ccc(S(=O)(=O)N4CCCCC4)cc32)cc1. The maximum atomic E-state index is 13.6. The molecule has 9 heteroatoms. The van der Waals surface area contributed by atoms with Crippen LogP contribution in [-0.2, 0) is 19.6 Å². The third kappa shape index (κ3) is 5.11. The Balaban J connectivity index is 1.45. The van der Waals surface area contributed by atoms with Gasteiger partial charge in [-0.1, -0.05) is 32.4 Å². The molecule has 0 aromatic heterocycles. The van der Waals surface area contributed by atoms with Gasteiger partial charge in [0, 0.05) is 25.3 Å². The molecule has 3 heterocycles. The van der Waals surface area contributed by atoms with E-state index in [1.165, 1.54) is 14.8 Å². The number of nitrogens with zero attached hydrogens (tertiary/aromatic N) is 3. The quantitative estimate of drug-likeness (QED) is 0.608. The van der Waals surface area contributed by atoms with Crippen molar-refractivity contribution in [2.75, 3.05) is 41.3 Å². The first-order valence-corrected chi connectivity index (χ1v) is 14.8. The van der Waals surface area contributed by atoms with Crippen LogP contribution in [0.15, 0.2) is 47.4 Å². The number of hydrogen-bond acceptors (Lipinski definition) is 5. The second-order valence-electron chi connectivity index (χ2n) is 10.6. The number of amides is 2. The minimum Gasteiger partial charge on any atom is -0.358 e. The summed E-state index contributed by atoms with van der Waals surface area (Å²) in [6.45, 7) is 5.81. The molecule has 37 heavy (non-hydrogen) atoms. The number of piperidine rings is 2. The molecular formula is C28H36N4O4S. The second-order valence-corrected chi connectivity index (χ2v) is 12.5. The Kier molecular flexibility index (Phi) is 7.27. The molecule has 0 unspecified atom stereocenters. The summed E-state index contributed by atoms with van der Waals surface area (Å²) in [4.78, 5) is 30.5. The van der Waals surface area contributed by atoms with E-state index in [9.17, 15) is 18.0 Å². The van der Waals surface area contributed by atoms with Crippen molar-refractivity contribution in [1.29, 1.82) is 0 Å². The summed E-state index contributed by atoms with van der Waals surface area (Å²) in [5.74, 6) is -0.0729. The Labute approximate surface area is 219 Å². The van der Waals surface area contributed by atoms with Crippen LogP contribution in [0.4, 0.5) is 17.1 Å². The number of hydrogen-bond donors (Lipinski definition) is 1. The summed E-state index contributed by atoms with van der Waals surface area (Å²) in [7, 11) is -3.68. The van der Waals surface area contributed by atoms with Gasteiger partial charge in [0.1, 0.15) is 12.6 Å². The van der Waals surface area contributed by atoms with E-state index in [4.69, 9.17) is 0 Å². The number of sulfonamides is 1. The zero-order valence-corrected chi connectivity index (χ0v) is 22.5. The van der Waals surface area contributed by atoms with Crippen LogP contribution in [-0.4, -0.2) is 56.8 Å². The van der Waals surface area contributed by atoms with Crippen LogP contribution in [0.3, 0.4) is 0 Å². The largest absolute Gasteiger partial charge is 0.358 e. The lowest BCUT2D eigenvalue weighted by molar-refractivity contribution is -0.123. The Morgan fingerprint density at radius 2 is 1.65 bits per heavy atom. The summed E-state index contributed by atoms with van der Waals surface area (Å²) >= 11 is 0. The standard InChI is InChI=1S/C28H36N4O4S/c1-20(2)21-9-11-22(12-10-21)29-27(33)19-32-26-18-23(37(35,36)30-15-5-3-6-16-30)13-14-24(26)31-17-7-4-8-25(31)28(32)34/h9-14,18,20,25H,3-8,15-17,19H2,1-2H3,(H,29,33)/t25-/m0/s1. The zero-order chi connectivity index (χ0) is 26.2. The number of anilines is 3. The molecule has 2 fully saturated rings. The van der Waals surface area contributed by atoms with Crippen LogP contribution < -0.4 is 15.1 Å². The van der Waals surface area contributed by atoms with Gasteiger partial charge in [-0.3, -0.25) is 14.5 Å². The van der Waals surface area contributed by atoms with Crippen LogP contribution in [0.1, 0.15) is 63.9 Å². The highest BCUT2D eigenvalue weighted by Gasteiger charge is 2.41. The maximum absolute atomic E-state index is 13.6. The van der Waals surface area contributed by atoms with Gasteiger partial charge in [0.2, 0.25) is 21.8 Å². The van der Waals surface area contributed by atoms with Gasteiger partial charge < -0.3 is 10.2 Å². The highest BCUT2D eigenvalue weighted by atomic mass is 32.2. The summed E-state index contributed by atoms with van der Waals surface area (Å²) in [6.07, 6.45) is 5.38. The van der Waals surface area contributed by atoms with Crippen molar-refractivity contribution < 1.29 is 18.0 Å². The van der Waals surface area contributed by atoms with Gasteiger partial charge >= 0.3 is 0 Å². The Morgan fingerprint density at radius 1 is 0.946 bits per heavy atom. The summed E-state index contributed by atoms with van der Waals surface area (Å²) in [5, 5.41) is 2.90. The molecule has 1 N–H and O–H groups in total. The van der Waals surface area contributed by atoms with Gasteiger partial charge in [0.15, 0.2) is 0 Å². The van der Waals surface area contributed by atoms with Crippen molar-refractivity contribution in [1.82, 2.24) is 4.31 Å². The van der Waals surface area contributed by atoms with E-state index in [-0.39, 0.29) is 29.3 Å². The van der Waals surface area contributed by atoms with Gasteiger partial charge in [-0.15, -0.1) is 0 Å².